The Hall–Kier alpha value is -1.45. The number of nitrogens with two attached hydrogens (primary N) is 1. The van der Waals surface area contributed by atoms with Gasteiger partial charge in [-0.05, 0) is 43.6 Å². The summed E-state index contributed by atoms with van der Waals surface area (Å²) in [5.41, 5.74) is 6.46. The number of aromatic nitrogens is 1. The summed E-state index contributed by atoms with van der Waals surface area (Å²) in [6.45, 7) is 1.49. The summed E-state index contributed by atoms with van der Waals surface area (Å²) in [5, 5.41) is 0. The number of rotatable bonds is 6. The lowest BCUT2D eigenvalue weighted by Gasteiger charge is -2.12. The van der Waals surface area contributed by atoms with Gasteiger partial charge in [-0.15, -0.1) is 0 Å². The summed E-state index contributed by atoms with van der Waals surface area (Å²) in [5.74, 6) is 2.54. The zero-order valence-corrected chi connectivity index (χ0v) is 11.3. The Morgan fingerprint density at radius 1 is 1.00 bits per heavy atom. The minimum atomic E-state index is 0.524. The van der Waals surface area contributed by atoms with Gasteiger partial charge < -0.3 is 15.2 Å². The van der Waals surface area contributed by atoms with Crippen LogP contribution < -0.4 is 15.2 Å². The second-order valence-electron chi connectivity index (χ2n) is 5.76. The molecule has 0 bridgehead atoms. The van der Waals surface area contributed by atoms with Crippen LogP contribution in [0, 0.1) is 11.8 Å². The minimum Gasteiger partial charge on any atom is -0.477 e. The molecule has 0 unspecified atom stereocenters. The molecule has 4 nitrogen and oxygen atoms in total. The molecule has 2 saturated carbocycles. The topological polar surface area (TPSA) is 57.4 Å². The molecule has 3 rings (SSSR count). The average molecular weight is 262 g/mol. The molecule has 2 aliphatic carbocycles. The fourth-order valence-corrected chi connectivity index (χ4v) is 2.49. The molecule has 4 heteroatoms. The number of anilines is 1. The lowest BCUT2D eigenvalue weighted by Crippen LogP contribution is -2.10. The van der Waals surface area contributed by atoms with Crippen LogP contribution in [0.4, 0.5) is 5.69 Å². The van der Waals surface area contributed by atoms with E-state index in [-0.39, 0.29) is 0 Å². The molecule has 0 spiro atoms. The first kappa shape index (κ1) is 12.6. The largest absolute Gasteiger partial charge is 0.477 e. The quantitative estimate of drug-likeness (QED) is 0.856. The summed E-state index contributed by atoms with van der Waals surface area (Å²) in [6.07, 6.45) is 7.74. The van der Waals surface area contributed by atoms with Crippen molar-refractivity contribution < 1.29 is 9.47 Å². The maximum Gasteiger partial charge on any atom is 0.240 e. The van der Waals surface area contributed by atoms with Crippen LogP contribution in [0.5, 0.6) is 11.8 Å². The molecule has 1 heterocycles. The molecule has 19 heavy (non-hydrogen) atoms. The molecule has 0 saturated heterocycles. The van der Waals surface area contributed by atoms with E-state index in [2.05, 4.69) is 4.98 Å². The fraction of sp³-hybridized carbons (Fsp3) is 0.667. The third-order valence-corrected chi connectivity index (χ3v) is 3.96. The summed E-state index contributed by atoms with van der Waals surface area (Å²) in [6, 6.07) is 3.65. The molecular weight excluding hydrogens is 240 g/mol. The normalized spacial score (nSPS) is 19.6. The Bertz CT molecular complexity index is 426. The number of pyridine rings is 1. The first-order chi connectivity index (χ1) is 9.31. The van der Waals surface area contributed by atoms with Crippen LogP contribution in [0.3, 0.4) is 0 Å². The van der Waals surface area contributed by atoms with E-state index < -0.39 is 0 Å². The number of ether oxygens (including phenoxy) is 2. The first-order valence-electron chi connectivity index (χ1n) is 7.33. The zero-order chi connectivity index (χ0) is 13.1. The van der Waals surface area contributed by atoms with E-state index in [1.807, 2.05) is 12.1 Å². The number of hydrogen-bond acceptors (Lipinski definition) is 4. The van der Waals surface area contributed by atoms with Crippen LogP contribution in [-0.2, 0) is 0 Å². The highest BCUT2D eigenvalue weighted by molar-refractivity contribution is 5.49. The monoisotopic (exact) mass is 262 g/mol. The number of nitrogen functional groups attached to an aromatic ring is 1. The van der Waals surface area contributed by atoms with Crippen molar-refractivity contribution in [2.24, 2.45) is 11.8 Å². The molecule has 0 aliphatic heterocycles. The van der Waals surface area contributed by atoms with Crippen molar-refractivity contribution in [3.8, 4) is 11.8 Å². The second kappa shape index (κ2) is 5.68. The van der Waals surface area contributed by atoms with Crippen molar-refractivity contribution in [3.05, 3.63) is 12.1 Å². The van der Waals surface area contributed by atoms with Gasteiger partial charge in [-0.1, -0.05) is 12.8 Å². The molecule has 0 aromatic carbocycles. The molecular formula is C15H22N2O2. The summed E-state index contributed by atoms with van der Waals surface area (Å²) in [4.78, 5) is 4.36. The molecule has 0 radical (unpaired) electrons. The number of hydrogen-bond donors (Lipinski definition) is 1. The summed E-state index contributed by atoms with van der Waals surface area (Å²) < 4.78 is 11.4. The van der Waals surface area contributed by atoms with E-state index in [0.717, 1.165) is 13.2 Å². The Morgan fingerprint density at radius 3 is 2.42 bits per heavy atom. The van der Waals surface area contributed by atoms with Gasteiger partial charge in [-0.25, -0.2) is 0 Å². The van der Waals surface area contributed by atoms with Crippen molar-refractivity contribution in [3.63, 3.8) is 0 Å². The molecule has 1 aromatic heterocycles. The Morgan fingerprint density at radius 2 is 1.68 bits per heavy atom. The molecule has 2 N–H and O–H groups in total. The predicted molar refractivity (Wildman–Crippen MR) is 74.3 cm³/mol. The van der Waals surface area contributed by atoms with Crippen molar-refractivity contribution in [1.82, 2.24) is 4.98 Å². The van der Waals surface area contributed by atoms with Crippen LogP contribution in [0.2, 0.25) is 0 Å². The van der Waals surface area contributed by atoms with Gasteiger partial charge in [0.05, 0.1) is 18.9 Å². The van der Waals surface area contributed by atoms with Crippen molar-refractivity contribution in [2.45, 2.75) is 38.5 Å². The van der Waals surface area contributed by atoms with E-state index in [0.29, 0.717) is 29.3 Å². The summed E-state index contributed by atoms with van der Waals surface area (Å²) in [7, 11) is 0. The average Bonchev–Trinajstić information content (AvgIpc) is 3.10. The standard InChI is InChI=1S/C15H22N2O2/c16-13-7-8-14(18-9-11-3-1-2-4-11)17-15(13)19-10-12-5-6-12/h7-8,11-12H,1-6,9-10,16H2. The third-order valence-electron chi connectivity index (χ3n) is 3.96. The second-order valence-corrected chi connectivity index (χ2v) is 5.76. The van der Waals surface area contributed by atoms with Crippen LogP contribution in [0.15, 0.2) is 12.1 Å². The van der Waals surface area contributed by atoms with Crippen molar-refractivity contribution in [1.29, 1.82) is 0 Å². The lowest BCUT2D eigenvalue weighted by atomic mass is 10.1. The Balaban J connectivity index is 1.55. The number of nitrogens with zero attached hydrogens (tertiary/aromatic N) is 1. The fourth-order valence-electron chi connectivity index (χ4n) is 2.49. The van der Waals surface area contributed by atoms with Crippen LogP contribution in [0.25, 0.3) is 0 Å². The Kier molecular flexibility index (Phi) is 3.76. The highest BCUT2D eigenvalue weighted by Gasteiger charge is 2.22. The van der Waals surface area contributed by atoms with Crippen LogP contribution >= 0.6 is 0 Å². The Labute approximate surface area is 114 Å². The molecule has 1 aromatic rings. The molecule has 2 aliphatic rings. The third kappa shape index (κ3) is 3.52. The lowest BCUT2D eigenvalue weighted by molar-refractivity contribution is 0.235. The van der Waals surface area contributed by atoms with Gasteiger partial charge in [-0.2, -0.15) is 4.98 Å². The molecule has 2 fully saturated rings. The van der Waals surface area contributed by atoms with Gasteiger partial charge in [0.2, 0.25) is 11.8 Å². The van der Waals surface area contributed by atoms with Gasteiger partial charge in [-0.3, -0.25) is 0 Å². The molecule has 0 atom stereocenters. The van der Waals surface area contributed by atoms with Crippen LogP contribution in [0.1, 0.15) is 38.5 Å². The van der Waals surface area contributed by atoms with E-state index in [1.165, 1.54) is 38.5 Å². The highest BCUT2D eigenvalue weighted by Crippen LogP contribution is 2.31. The van der Waals surface area contributed by atoms with E-state index in [9.17, 15) is 0 Å². The molecule has 0 amide bonds. The van der Waals surface area contributed by atoms with Gasteiger partial charge >= 0.3 is 0 Å². The first-order valence-corrected chi connectivity index (χ1v) is 7.33. The predicted octanol–water partition coefficient (Wildman–Crippen LogP) is 3.02. The maximum atomic E-state index is 5.87. The van der Waals surface area contributed by atoms with E-state index in [1.54, 1.807) is 0 Å². The summed E-state index contributed by atoms with van der Waals surface area (Å²) >= 11 is 0. The molecule has 104 valence electrons. The van der Waals surface area contributed by atoms with E-state index >= 15 is 0 Å². The van der Waals surface area contributed by atoms with Gasteiger partial charge in [0, 0.05) is 6.07 Å². The van der Waals surface area contributed by atoms with Gasteiger partial charge in [0.25, 0.3) is 0 Å². The maximum absolute atomic E-state index is 5.87. The zero-order valence-electron chi connectivity index (χ0n) is 11.3. The van der Waals surface area contributed by atoms with Crippen molar-refractivity contribution >= 4 is 5.69 Å². The van der Waals surface area contributed by atoms with Crippen LogP contribution in [-0.4, -0.2) is 18.2 Å². The van der Waals surface area contributed by atoms with E-state index in [4.69, 9.17) is 15.2 Å². The smallest absolute Gasteiger partial charge is 0.240 e. The van der Waals surface area contributed by atoms with Crippen molar-refractivity contribution in [2.75, 3.05) is 18.9 Å². The minimum absolute atomic E-state index is 0.524. The SMILES string of the molecule is Nc1ccc(OCC2CCCC2)nc1OCC1CC1. The highest BCUT2D eigenvalue weighted by atomic mass is 16.5. The van der Waals surface area contributed by atoms with Gasteiger partial charge in [0.1, 0.15) is 0 Å². The van der Waals surface area contributed by atoms with Gasteiger partial charge in [0.15, 0.2) is 0 Å².